The monoisotopic (exact) mass is 435 g/mol. The van der Waals surface area contributed by atoms with Crippen LogP contribution < -0.4 is 4.90 Å². The molecule has 1 unspecified atom stereocenters. The SMILES string of the molecule is CC1(C)CC(=O)c2sc(N3CCOCC3Cc3cccc(Br)n3)nc2C1. The minimum absolute atomic E-state index is 0.0000723. The lowest BCUT2D eigenvalue weighted by atomic mass is 9.78. The van der Waals surface area contributed by atoms with Gasteiger partial charge in [0.15, 0.2) is 10.9 Å². The summed E-state index contributed by atoms with van der Waals surface area (Å²) < 4.78 is 6.56. The molecular weight excluding hydrogens is 414 g/mol. The molecule has 7 heteroatoms. The number of hydrogen-bond acceptors (Lipinski definition) is 6. The highest BCUT2D eigenvalue weighted by Crippen LogP contribution is 2.40. The molecule has 0 bridgehead atoms. The highest BCUT2D eigenvalue weighted by Gasteiger charge is 2.36. The number of nitrogens with zero attached hydrogens (tertiary/aromatic N) is 3. The Bertz CT molecular complexity index is 836. The number of rotatable bonds is 3. The molecule has 5 nitrogen and oxygen atoms in total. The van der Waals surface area contributed by atoms with Gasteiger partial charge in [-0.1, -0.05) is 31.3 Å². The van der Waals surface area contributed by atoms with Crippen LogP contribution in [0.5, 0.6) is 0 Å². The Morgan fingerprint density at radius 3 is 3.00 bits per heavy atom. The fourth-order valence-electron chi connectivity index (χ4n) is 3.71. The topological polar surface area (TPSA) is 55.3 Å². The molecule has 1 aliphatic heterocycles. The van der Waals surface area contributed by atoms with Crippen molar-refractivity contribution >= 4 is 38.2 Å². The van der Waals surface area contributed by atoms with E-state index < -0.39 is 0 Å². The lowest BCUT2D eigenvalue weighted by molar-refractivity contribution is 0.0915. The molecule has 0 saturated carbocycles. The van der Waals surface area contributed by atoms with Gasteiger partial charge >= 0.3 is 0 Å². The predicted molar refractivity (Wildman–Crippen MR) is 106 cm³/mol. The van der Waals surface area contributed by atoms with Crippen LogP contribution in [-0.2, 0) is 17.6 Å². The van der Waals surface area contributed by atoms with E-state index in [4.69, 9.17) is 9.72 Å². The van der Waals surface area contributed by atoms with Gasteiger partial charge in [0.05, 0.1) is 29.8 Å². The summed E-state index contributed by atoms with van der Waals surface area (Å²) in [5, 5.41) is 0.948. The second-order valence-electron chi connectivity index (χ2n) is 7.79. The number of morpholine rings is 1. The molecule has 0 aromatic carbocycles. The van der Waals surface area contributed by atoms with Gasteiger partial charge in [0, 0.05) is 25.1 Å². The van der Waals surface area contributed by atoms with Crippen molar-refractivity contribution in [3.63, 3.8) is 0 Å². The Labute approximate surface area is 165 Å². The van der Waals surface area contributed by atoms with Gasteiger partial charge in [-0.2, -0.15) is 0 Å². The van der Waals surface area contributed by atoms with Crippen molar-refractivity contribution in [3.05, 3.63) is 39.1 Å². The minimum atomic E-state index is 0.0000723. The summed E-state index contributed by atoms with van der Waals surface area (Å²) in [6.45, 7) is 6.42. The fourth-order valence-corrected chi connectivity index (χ4v) is 5.21. The van der Waals surface area contributed by atoms with Crippen molar-refractivity contribution in [2.75, 3.05) is 24.7 Å². The number of Topliss-reactive ketones (excluding diaryl/α,β-unsaturated/α-hetero) is 1. The molecule has 1 aliphatic carbocycles. The summed E-state index contributed by atoms with van der Waals surface area (Å²) in [5.74, 6) is 0.235. The number of anilines is 1. The number of pyridine rings is 1. The normalized spacial score (nSPS) is 22.3. The van der Waals surface area contributed by atoms with Crippen LogP contribution in [0.3, 0.4) is 0 Å². The molecule has 0 N–H and O–H groups in total. The van der Waals surface area contributed by atoms with Gasteiger partial charge in [0.1, 0.15) is 4.60 Å². The molecule has 0 amide bonds. The molecule has 138 valence electrons. The zero-order chi connectivity index (χ0) is 18.3. The van der Waals surface area contributed by atoms with Gasteiger partial charge in [0.25, 0.3) is 0 Å². The van der Waals surface area contributed by atoms with Crippen LogP contribution in [0.2, 0.25) is 0 Å². The second kappa shape index (κ2) is 7.02. The number of ether oxygens (including phenoxy) is 1. The van der Waals surface area contributed by atoms with E-state index in [1.54, 1.807) is 11.3 Å². The maximum absolute atomic E-state index is 12.5. The zero-order valence-corrected chi connectivity index (χ0v) is 17.4. The Kier molecular flexibility index (Phi) is 4.88. The average Bonchev–Trinajstić information content (AvgIpc) is 2.98. The predicted octanol–water partition coefficient (Wildman–Crippen LogP) is 3.90. The van der Waals surface area contributed by atoms with Crippen molar-refractivity contribution in [1.82, 2.24) is 9.97 Å². The summed E-state index contributed by atoms with van der Waals surface area (Å²) in [6, 6.07) is 6.15. The fraction of sp³-hybridized carbons (Fsp3) is 0.526. The van der Waals surface area contributed by atoms with Crippen LogP contribution in [0.25, 0.3) is 0 Å². The molecule has 2 aliphatic rings. The number of ketones is 1. The van der Waals surface area contributed by atoms with E-state index >= 15 is 0 Å². The van der Waals surface area contributed by atoms with Crippen molar-refractivity contribution in [3.8, 4) is 0 Å². The van der Waals surface area contributed by atoms with Crippen LogP contribution in [0.15, 0.2) is 22.8 Å². The van der Waals surface area contributed by atoms with Crippen molar-refractivity contribution in [2.24, 2.45) is 5.41 Å². The molecule has 1 saturated heterocycles. The Morgan fingerprint density at radius 2 is 2.19 bits per heavy atom. The van der Waals surface area contributed by atoms with Gasteiger partial charge in [-0.3, -0.25) is 4.79 Å². The summed E-state index contributed by atoms with van der Waals surface area (Å²) >= 11 is 4.99. The van der Waals surface area contributed by atoms with Gasteiger partial charge in [-0.05, 0) is 39.9 Å². The van der Waals surface area contributed by atoms with E-state index in [1.165, 1.54) is 0 Å². The largest absolute Gasteiger partial charge is 0.377 e. The molecule has 2 aromatic heterocycles. The van der Waals surface area contributed by atoms with E-state index in [2.05, 4.69) is 39.7 Å². The first-order valence-electron chi connectivity index (χ1n) is 8.90. The Morgan fingerprint density at radius 1 is 1.35 bits per heavy atom. The van der Waals surface area contributed by atoms with E-state index in [1.807, 2.05) is 18.2 Å². The smallest absolute Gasteiger partial charge is 0.186 e. The summed E-state index contributed by atoms with van der Waals surface area (Å²) in [4.78, 5) is 25.1. The lowest BCUT2D eigenvalue weighted by Gasteiger charge is -2.35. The number of aromatic nitrogens is 2. The van der Waals surface area contributed by atoms with Crippen LogP contribution in [-0.4, -0.2) is 41.6 Å². The number of hydrogen-bond donors (Lipinski definition) is 0. The molecule has 3 heterocycles. The van der Waals surface area contributed by atoms with E-state index in [0.717, 1.165) is 45.4 Å². The molecule has 2 aromatic rings. The van der Waals surface area contributed by atoms with E-state index in [-0.39, 0.29) is 17.2 Å². The lowest BCUT2D eigenvalue weighted by Crippen LogP contribution is -2.47. The number of carbonyl (C=O) groups excluding carboxylic acids is 1. The molecule has 1 atom stereocenters. The molecule has 1 fully saturated rings. The third-order valence-electron chi connectivity index (χ3n) is 4.92. The minimum Gasteiger partial charge on any atom is -0.377 e. The zero-order valence-electron chi connectivity index (χ0n) is 15.0. The Hall–Kier alpha value is -1.31. The third kappa shape index (κ3) is 3.70. The highest BCUT2D eigenvalue weighted by molar-refractivity contribution is 9.10. The van der Waals surface area contributed by atoms with Gasteiger partial charge in [-0.25, -0.2) is 9.97 Å². The maximum atomic E-state index is 12.5. The first-order valence-corrected chi connectivity index (χ1v) is 10.5. The summed E-state index contributed by atoms with van der Waals surface area (Å²) in [6.07, 6.45) is 2.27. The quantitative estimate of drug-likeness (QED) is 0.684. The molecule has 0 radical (unpaired) electrons. The Balaban J connectivity index is 1.60. The first-order chi connectivity index (χ1) is 12.4. The first kappa shape index (κ1) is 18.1. The van der Waals surface area contributed by atoms with Crippen LogP contribution in [0.4, 0.5) is 5.13 Å². The van der Waals surface area contributed by atoms with Gasteiger partial charge in [-0.15, -0.1) is 0 Å². The van der Waals surface area contributed by atoms with Gasteiger partial charge in [0.2, 0.25) is 0 Å². The summed E-state index contributed by atoms with van der Waals surface area (Å²) in [7, 11) is 0. The van der Waals surface area contributed by atoms with Crippen LogP contribution in [0, 0.1) is 5.41 Å². The molecule has 26 heavy (non-hydrogen) atoms. The third-order valence-corrected chi connectivity index (χ3v) is 6.53. The van der Waals surface area contributed by atoms with E-state index in [9.17, 15) is 4.79 Å². The number of fused-ring (bicyclic) bond motifs is 1. The molecular formula is C19H22BrN3O2S. The highest BCUT2D eigenvalue weighted by atomic mass is 79.9. The van der Waals surface area contributed by atoms with E-state index in [0.29, 0.717) is 19.6 Å². The van der Waals surface area contributed by atoms with Crippen molar-refractivity contribution < 1.29 is 9.53 Å². The number of halogens is 1. The number of thiazole rings is 1. The van der Waals surface area contributed by atoms with Gasteiger partial charge < -0.3 is 9.64 Å². The standard InChI is InChI=1S/C19H22BrN3O2S/c1-19(2)9-14-17(15(24)10-19)26-18(22-14)23-6-7-25-11-13(23)8-12-4-3-5-16(20)21-12/h3-5,13H,6-11H2,1-2H3. The molecule has 4 rings (SSSR count). The van der Waals surface area contributed by atoms with Crippen molar-refractivity contribution in [2.45, 2.75) is 39.2 Å². The number of carbonyl (C=O) groups is 1. The van der Waals surface area contributed by atoms with Crippen LogP contribution >= 0.6 is 27.3 Å². The second-order valence-corrected chi connectivity index (χ2v) is 9.58. The van der Waals surface area contributed by atoms with Crippen LogP contribution in [0.1, 0.15) is 41.3 Å². The maximum Gasteiger partial charge on any atom is 0.186 e. The van der Waals surface area contributed by atoms with Crippen molar-refractivity contribution in [1.29, 1.82) is 0 Å². The average molecular weight is 436 g/mol. The molecule has 0 spiro atoms. The summed E-state index contributed by atoms with van der Waals surface area (Å²) in [5.41, 5.74) is 2.00.